The number of carbonyl (C=O) groups excluding carboxylic acids is 1. The molecule has 2 aromatic rings. The van der Waals surface area contributed by atoms with Crippen LogP contribution in [0.15, 0.2) is 24.3 Å². The van der Waals surface area contributed by atoms with Gasteiger partial charge in [-0.3, -0.25) is 9.78 Å². The Balaban J connectivity index is 2.10. The molecule has 21 heavy (non-hydrogen) atoms. The third kappa shape index (κ3) is 2.46. The predicted octanol–water partition coefficient (Wildman–Crippen LogP) is 3.55. The molecule has 3 rings (SSSR count). The van der Waals surface area contributed by atoms with E-state index in [9.17, 15) is 18.0 Å². The smallest absolute Gasteiger partial charge is 0.392 e. The number of fused-ring (bicyclic) bond motifs is 2. The lowest BCUT2D eigenvalue weighted by Gasteiger charge is -2.25. The zero-order valence-corrected chi connectivity index (χ0v) is 11.2. The number of alkyl halides is 3. The van der Waals surface area contributed by atoms with Crippen LogP contribution in [0, 0.1) is 5.92 Å². The SMILES string of the molecule is COc1ccc2nc3c(cc2c1)C(=O)CC(C(F)(F)F)C3. The van der Waals surface area contributed by atoms with E-state index in [-0.39, 0.29) is 17.7 Å². The number of benzene rings is 1. The molecule has 110 valence electrons. The zero-order valence-electron chi connectivity index (χ0n) is 11.2. The zero-order chi connectivity index (χ0) is 15.2. The lowest BCUT2D eigenvalue weighted by atomic mass is 9.85. The highest BCUT2D eigenvalue weighted by molar-refractivity contribution is 6.01. The Labute approximate surface area is 118 Å². The van der Waals surface area contributed by atoms with Crippen molar-refractivity contribution >= 4 is 16.7 Å². The summed E-state index contributed by atoms with van der Waals surface area (Å²) in [5.41, 5.74) is 1.08. The second-order valence-electron chi connectivity index (χ2n) is 5.11. The van der Waals surface area contributed by atoms with Crippen LogP contribution in [-0.2, 0) is 6.42 Å². The molecule has 0 spiro atoms. The summed E-state index contributed by atoms with van der Waals surface area (Å²) in [6.07, 6.45) is -5.12. The highest BCUT2D eigenvalue weighted by Crippen LogP contribution is 2.37. The van der Waals surface area contributed by atoms with Crippen molar-refractivity contribution in [2.75, 3.05) is 7.11 Å². The van der Waals surface area contributed by atoms with Gasteiger partial charge in [0.2, 0.25) is 0 Å². The quantitative estimate of drug-likeness (QED) is 0.807. The molecular formula is C15H12F3NO2. The van der Waals surface area contributed by atoms with Crippen LogP contribution in [-0.4, -0.2) is 24.1 Å². The Bertz CT molecular complexity index is 725. The number of ketones is 1. The third-order valence-electron chi connectivity index (χ3n) is 3.74. The van der Waals surface area contributed by atoms with Gasteiger partial charge in [0.05, 0.1) is 24.2 Å². The van der Waals surface area contributed by atoms with E-state index in [1.807, 2.05) is 0 Å². The van der Waals surface area contributed by atoms with Gasteiger partial charge in [0.15, 0.2) is 5.78 Å². The molecule has 0 fully saturated rings. The fourth-order valence-electron chi connectivity index (χ4n) is 2.59. The van der Waals surface area contributed by atoms with Crippen molar-refractivity contribution in [3.05, 3.63) is 35.5 Å². The second-order valence-corrected chi connectivity index (χ2v) is 5.11. The maximum Gasteiger partial charge on any atom is 0.392 e. The van der Waals surface area contributed by atoms with E-state index >= 15 is 0 Å². The summed E-state index contributed by atoms with van der Waals surface area (Å²) in [6, 6.07) is 6.69. The van der Waals surface area contributed by atoms with Crippen molar-refractivity contribution in [3.8, 4) is 5.75 Å². The van der Waals surface area contributed by atoms with Crippen LogP contribution in [0.2, 0.25) is 0 Å². The maximum absolute atomic E-state index is 12.8. The van der Waals surface area contributed by atoms with Gasteiger partial charge < -0.3 is 4.74 Å². The first-order valence-corrected chi connectivity index (χ1v) is 6.46. The number of hydrogen-bond acceptors (Lipinski definition) is 3. The van der Waals surface area contributed by atoms with Crippen molar-refractivity contribution in [1.82, 2.24) is 4.98 Å². The molecule has 1 aliphatic rings. The molecule has 6 heteroatoms. The van der Waals surface area contributed by atoms with E-state index in [0.29, 0.717) is 16.7 Å². The number of aromatic nitrogens is 1. The molecule has 0 saturated heterocycles. The van der Waals surface area contributed by atoms with Gasteiger partial charge in [-0.1, -0.05) is 0 Å². The molecule has 1 aromatic heterocycles. The van der Waals surface area contributed by atoms with E-state index in [0.717, 1.165) is 0 Å². The van der Waals surface area contributed by atoms with Gasteiger partial charge in [0.25, 0.3) is 0 Å². The van der Waals surface area contributed by atoms with Gasteiger partial charge in [-0.05, 0) is 24.3 Å². The molecule has 0 bridgehead atoms. The number of ether oxygens (including phenoxy) is 1. The minimum absolute atomic E-state index is 0.228. The van der Waals surface area contributed by atoms with Crippen LogP contribution >= 0.6 is 0 Å². The molecule has 3 nitrogen and oxygen atoms in total. The van der Waals surface area contributed by atoms with Gasteiger partial charge >= 0.3 is 6.18 Å². The number of rotatable bonds is 1. The average molecular weight is 295 g/mol. The van der Waals surface area contributed by atoms with Gasteiger partial charge in [0.1, 0.15) is 5.75 Å². The number of pyridine rings is 1. The van der Waals surface area contributed by atoms with Gasteiger partial charge in [0, 0.05) is 23.8 Å². The Morgan fingerprint density at radius 3 is 2.67 bits per heavy atom. The molecule has 1 aliphatic carbocycles. The fourth-order valence-corrected chi connectivity index (χ4v) is 2.59. The molecule has 1 aromatic carbocycles. The first kappa shape index (κ1) is 13.9. The van der Waals surface area contributed by atoms with Crippen LogP contribution in [0.5, 0.6) is 5.75 Å². The van der Waals surface area contributed by atoms with Gasteiger partial charge in [-0.2, -0.15) is 13.2 Å². The summed E-state index contributed by atoms with van der Waals surface area (Å²) in [6.45, 7) is 0. The summed E-state index contributed by atoms with van der Waals surface area (Å²) < 4.78 is 43.6. The van der Waals surface area contributed by atoms with E-state index < -0.39 is 24.3 Å². The number of methoxy groups -OCH3 is 1. The molecule has 0 aliphatic heterocycles. The summed E-state index contributed by atoms with van der Waals surface area (Å²) in [7, 11) is 1.52. The summed E-state index contributed by atoms with van der Waals surface area (Å²) in [4.78, 5) is 16.2. The topological polar surface area (TPSA) is 39.2 Å². The van der Waals surface area contributed by atoms with E-state index in [1.165, 1.54) is 7.11 Å². The molecule has 0 N–H and O–H groups in total. The van der Waals surface area contributed by atoms with Crippen molar-refractivity contribution < 1.29 is 22.7 Å². The molecule has 0 radical (unpaired) electrons. The number of hydrogen-bond donors (Lipinski definition) is 0. The summed E-state index contributed by atoms with van der Waals surface area (Å²) >= 11 is 0. The van der Waals surface area contributed by atoms with Crippen molar-refractivity contribution in [2.24, 2.45) is 5.92 Å². The first-order valence-electron chi connectivity index (χ1n) is 6.46. The summed E-state index contributed by atoms with van der Waals surface area (Å²) in [5, 5.41) is 0.687. The lowest BCUT2D eigenvalue weighted by molar-refractivity contribution is -0.174. The minimum Gasteiger partial charge on any atom is -0.497 e. The largest absolute Gasteiger partial charge is 0.497 e. The molecule has 1 heterocycles. The van der Waals surface area contributed by atoms with Crippen LogP contribution in [0.1, 0.15) is 22.5 Å². The van der Waals surface area contributed by atoms with Gasteiger partial charge in [-0.25, -0.2) is 0 Å². The Kier molecular flexibility index (Phi) is 3.11. The Morgan fingerprint density at radius 1 is 1.24 bits per heavy atom. The van der Waals surface area contributed by atoms with E-state index in [2.05, 4.69) is 4.98 Å². The summed E-state index contributed by atoms with van der Waals surface area (Å²) in [5.74, 6) is -1.53. The van der Waals surface area contributed by atoms with E-state index in [4.69, 9.17) is 4.74 Å². The number of halogens is 3. The van der Waals surface area contributed by atoms with Crippen molar-refractivity contribution in [3.63, 3.8) is 0 Å². The normalized spacial score (nSPS) is 18.7. The molecular weight excluding hydrogens is 283 g/mol. The predicted molar refractivity (Wildman–Crippen MR) is 70.5 cm³/mol. The van der Waals surface area contributed by atoms with Crippen LogP contribution in [0.3, 0.4) is 0 Å². The Morgan fingerprint density at radius 2 is 2.00 bits per heavy atom. The van der Waals surface area contributed by atoms with Crippen LogP contribution < -0.4 is 4.74 Å². The standard InChI is InChI=1S/C15H12F3NO2/c1-21-10-2-3-12-8(4-10)5-11-13(19-12)6-9(7-14(11)20)15(16,17)18/h2-5,9H,6-7H2,1H3. The fraction of sp³-hybridized carbons (Fsp3) is 0.333. The Hall–Kier alpha value is -2.11. The van der Waals surface area contributed by atoms with Crippen LogP contribution in [0.4, 0.5) is 13.2 Å². The minimum atomic E-state index is -4.37. The highest BCUT2D eigenvalue weighted by atomic mass is 19.4. The number of Topliss-reactive ketones (excluding diaryl/α,β-unsaturated/α-hetero) is 1. The van der Waals surface area contributed by atoms with Gasteiger partial charge in [-0.15, -0.1) is 0 Å². The maximum atomic E-state index is 12.8. The van der Waals surface area contributed by atoms with Crippen LogP contribution in [0.25, 0.3) is 10.9 Å². The average Bonchev–Trinajstić information content (AvgIpc) is 2.44. The lowest BCUT2D eigenvalue weighted by Crippen LogP contribution is -2.32. The molecule has 0 amide bonds. The molecule has 0 saturated carbocycles. The number of nitrogens with zero attached hydrogens (tertiary/aromatic N) is 1. The number of carbonyl (C=O) groups is 1. The van der Waals surface area contributed by atoms with Crippen molar-refractivity contribution in [2.45, 2.75) is 19.0 Å². The second kappa shape index (κ2) is 4.72. The molecule has 1 atom stereocenters. The van der Waals surface area contributed by atoms with Crippen molar-refractivity contribution in [1.29, 1.82) is 0 Å². The molecule has 1 unspecified atom stereocenters. The third-order valence-corrected chi connectivity index (χ3v) is 3.74. The first-order chi connectivity index (χ1) is 9.88. The highest BCUT2D eigenvalue weighted by Gasteiger charge is 2.44. The van der Waals surface area contributed by atoms with E-state index in [1.54, 1.807) is 24.3 Å². The monoisotopic (exact) mass is 295 g/mol.